The molecule has 6 heteroatoms. The van der Waals surface area contributed by atoms with Crippen LogP contribution >= 0.6 is 0 Å². The Morgan fingerprint density at radius 2 is 1.82 bits per heavy atom. The van der Waals surface area contributed by atoms with Crippen molar-refractivity contribution < 1.29 is 14.3 Å². The van der Waals surface area contributed by atoms with Crippen LogP contribution in [0.4, 0.5) is 5.69 Å². The largest absolute Gasteiger partial charge is 0.452 e. The minimum atomic E-state index is -0.715. The molecular weight excluding hydrogens is 356 g/mol. The van der Waals surface area contributed by atoms with Crippen molar-refractivity contribution in [1.82, 2.24) is 4.98 Å². The van der Waals surface area contributed by atoms with Crippen LogP contribution in [0.25, 0.3) is 10.9 Å². The van der Waals surface area contributed by atoms with Crippen molar-refractivity contribution in [3.05, 3.63) is 76.1 Å². The van der Waals surface area contributed by atoms with E-state index in [2.05, 4.69) is 17.2 Å². The number of pyridine rings is 1. The fourth-order valence-corrected chi connectivity index (χ4v) is 2.92. The lowest BCUT2D eigenvalue weighted by Gasteiger charge is -2.09. The molecule has 0 saturated heterocycles. The molecule has 0 bridgehead atoms. The van der Waals surface area contributed by atoms with E-state index in [0.717, 1.165) is 19.3 Å². The first-order valence-corrected chi connectivity index (χ1v) is 9.25. The molecule has 28 heavy (non-hydrogen) atoms. The number of fused-ring (bicyclic) bond motifs is 1. The topological polar surface area (TPSA) is 88.3 Å². The van der Waals surface area contributed by atoms with Crippen LogP contribution in [-0.4, -0.2) is 23.5 Å². The summed E-state index contributed by atoms with van der Waals surface area (Å²) < 4.78 is 5.10. The fraction of sp³-hybridized carbons (Fsp3) is 0.227. The van der Waals surface area contributed by atoms with Crippen molar-refractivity contribution in [3.8, 4) is 0 Å². The van der Waals surface area contributed by atoms with Crippen molar-refractivity contribution in [2.75, 3.05) is 11.9 Å². The second-order valence-corrected chi connectivity index (χ2v) is 6.52. The van der Waals surface area contributed by atoms with E-state index in [1.807, 2.05) is 24.3 Å². The van der Waals surface area contributed by atoms with Crippen LogP contribution in [0.3, 0.4) is 0 Å². The Morgan fingerprint density at radius 3 is 2.57 bits per heavy atom. The van der Waals surface area contributed by atoms with Crippen LogP contribution in [0.5, 0.6) is 0 Å². The molecule has 0 unspecified atom stereocenters. The first-order chi connectivity index (χ1) is 13.6. The van der Waals surface area contributed by atoms with Crippen LogP contribution in [0.1, 0.15) is 35.7 Å². The van der Waals surface area contributed by atoms with Crippen LogP contribution in [0, 0.1) is 0 Å². The Morgan fingerprint density at radius 1 is 1.07 bits per heavy atom. The van der Waals surface area contributed by atoms with E-state index in [0.29, 0.717) is 16.6 Å². The minimum Gasteiger partial charge on any atom is -0.452 e. The third-order valence-electron chi connectivity index (χ3n) is 4.36. The Hall–Kier alpha value is -3.41. The van der Waals surface area contributed by atoms with Crippen molar-refractivity contribution in [2.45, 2.75) is 26.2 Å². The van der Waals surface area contributed by atoms with Gasteiger partial charge in [-0.2, -0.15) is 0 Å². The molecule has 144 valence electrons. The molecule has 3 aromatic rings. The number of rotatable bonds is 7. The van der Waals surface area contributed by atoms with E-state index in [1.54, 1.807) is 24.3 Å². The molecule has 0 saturated carbocycles. The van der Waals surface area contributed by atoms with E-state index in [-0.39, 0.29) is 5.56 Å². The second-order valence-electron chi connectivity index (χ2n) is 6.52. The molecule has 1 heterocycles. The predicted octanol–water partition coefficient (Wildman–Crippen LogP) is 3.67. The third-order valence-corrected chi connectivity index (χ3v) is 4.36. The van der Waals surface area contributed by atoms with Gasteiger partial charge in [-0.15, -0.1) is 0 Å². The number of anilines is 1. The summed E-state index contributed by atoms with van der Waals surface area (Å²) in [4.78, 5) is 38.8. The maximum atomic E-state index is 12.4. The number of carbonyl (C=O) groups excluding carboxylic acids is 2. The zero-order valence-electron chi connectivity index (χ0n) is 15.7. The van der Waals surface area contributed by atoms with Crippen molar-refractivity contribution in [3.63, 3.8) is 0 Å². The number of aryl methyl sites for hydroxylation is 1. The standard InChI is InChI=1S/C22H22N2O4/c1-2-3-6-15-9-11-16(12-10-15)23-21(26)14-28-22(27)18-13-20(25)24-19-8-5-4-7-17(18)19/h4-5,7-13H,2-3,6,14H2,1H3,(H,23,26)(H,24,25). The number of H-pyrrole nitrogens is 1. The summed E-state index contributed by atoms with van der Waals surface area (Å²) in [7, 11) is 0. The summed E-state index contributed by atoms with van der Waals surface area (Å²) in [6, 6.07) is 15.7. The van der Waals surface area contributed by atoms with Crippen molar-refractivity contribution >= 4 is 28.5 Å². The molecule has 0 aliphatic carbocycles. The van der Waals surface area contributed by atoms with Gasteiger partial charge in [0, 0.05) is 22.7 Å². The number of aromatic nitrogens is 1. The molecule has 0 aliphatic heterocycles. The molecule has 3 rings (SSSR count). The van der Waals surface area contributed by atoms with Gasteiger partial charge >= 0.3 is 5.97 Å². The number of aromatic amines is 1. The number of carbonyl (C=O) groups is 2. The average molecular weight is 378 g/mol. The molecule has 0 aliphatic rings. The average Bonchev–Trinajstić information content (AvgIpc) is 2.71. The first kappa shape index (κ1) is 19.4. The number of hydrogen-bond acceptors (Lipinski definition) is 4. The highest BCUT2D eigenvalue weighted by molar-refractivity contribution is 6.04. The fourth-order valence-electron chi connectivity index (χ4n) is 2.92. The van der Waals surface area contributed by atoms with Gasteiger partial charge in [-0.25, -0.2) is 4.79 Å². The van der Waals surface area contributed by atoms with Crippen molar-refractivity contribution in [2.24, 2.45) is 0 Å². The minimum absolute atomic E-state index is 0.132. The van der Waals surface area contributed by atoms with Crippen LogP contribution in [0.15, 0.2) is 59.4 Å². The number of hydrogen-bond donors (Lipinski definition) is 2. The number of benzene rings is 2. The Labute approximate surface area is 162 Å². The summed E-state index contributed by atoms with van der Waals surface area (Å²) in [6.45, 7) is 1.71. The molecule has 0 atom stereocenters. The molecule has 1 aromatic heterocycles. The number of nitrogens with one attached hydrogen (secondary N) is 2. The van der Waals surface area contributed by atoms with Gasteiger partial charge in [-0.1, -0.05) is 43.7 Å². The van der Waals surface area contributed by atoms with Crippen LogP contribution in [0.2, 0.25) is 0 Å². The zero-order valence-corrected chi connectivity index (χ0v) is 15.7. The maximum Gasteiger partial charge on any atom is 0.339 e. The summed E-state index contributed by atoms with van der Waals surface area (Å²) in [6.07, 6.45) is 3.26. The van der Waals surface area contributed by atoms with Gasteiger partial charge in [0.15, 0.2) is 6.61 Å². The van der Waals surface area contributed by atoms with E-state index in [4.69, 9.17) is 4.74 Å². The highest BCUT2D eigenvalue weighted by Gasteiger charge is 2.15. The zero-order chi connectivity index (χ0) is 19.9. The second kappa shape index (κ2) is 8.99. The monoisotopic (exact) mass is 378 g/mol. The Bertz CT molecular complexity index is 1040. The Balaban J connectivity index is 1.60. The smallest absolute Gasteiger partial charge is 0.339 e. The van der Waals surface area contributed by atoms with Gasteiger partial charge in [0.1, 0.15) is 0 Å². The van der Waals surface area contributed by atoms with Gasteiger partial charge in [0.2, 0.25) is 5.56 Å². The predicted molar refractivity (Wildman–Crippen MR) is 109 cm³/mol. The molecule has 0 spiro atoms. The quantitative estimate of drug-likeness (QED) is 0.614. The van der Waals surface area contributed by atoms with Crippen LogP contribution < -0.4 is 10.9 Å². The molecule has 0 fully saturated rings. The first-order valence-electron chi connectivity index (χ1n) is 9.25. The van der Waals surface area contributed by atoms with Crippen molar-refractivity contribution in [1.29, 1.82) is 0 Å². The van der Waals surface area contributed by atoms with E-state index in [1.165, 1.54) is 11.6 Å². The summed E-state index contributed by atoms with van der Waals surface area (Å²) in [5, 5.41) is 3.26. The summed E-state index contributed by atoms with van der Waals surface area (Å²) >= 11 is 0. The Kier molecular flexibility index (Phi) is 6.22. The molecule has 0 radical (unpaired) electrons. The number of esters is 1. The molecule has 2 aromatic carbocycles. The number of amides is 1. The molecule has 1 amide bonds. The number of ether oxygens (including phenoxy) is 1. The molecule has 2 N–H and O–H groups in total. The number of unbranched alkanes of at least 4 members (excludes halogenated alkanes) is 1. The van der Waals surface area contributed by atoms with E-state index < -0.39 is 24.0 Å². The van der Waals surface area contributed by atoms with E-state index in [9.17, 15) is 14.4 Å². The van der Waals surface area contributed by atoms with Gasteiger partial charge in [0.25, 0.3) is 5.91 Å². The van der Waals surface area contributed by atoms with Gasteiger partial charge in [-0.3, -0.25) is 9.59 Å². The highest BCUT2D eigenvalue weighted by atomic mass is 16.5. The van der Waals surface area contributed by atoms with Gasteiger partial charge in [0.05, 0.1) is 5.56 Å². The summed E-state index contributed by atoms with van der Waals surface area (Å²) in [5.74, 6) is -1.16. The van der Waals surface area contributed by atoms with E-state index >= 15 is 0 Å². The lowest BCUT2D eigenvalue weighted by molar-refractivity contribution is -0.119. The maximum absolute atomic E-state index is 12.4. The third kappa shape index (κ3) is 4.85. The lowest BCUT2D eigenvalue weighted by Crippen LogP contribution is -2.22. The normalized spacial score (nSPS) is 10.6. The SMILES string of the molecule is CCCCc1ccc(NC(=O)COC(=O)c2cc(=O)[nH]c3ccccc23)cc1. The lowest BCUT2D eigenvalue weighted by atomic mass is 10.1. The number of para-hydroxylation sites is 1. The highest BCUT2D eigenvalue weighted by Crippen LogP contribution is 2.16. The summed E-state index contributed by atoms with van der Waals surface area (Å²) in [5.41, 5.74) is 2.12. The molecule has 6 nitrogen and oxygen atoms in total. The van der Waals surface area contributed by atoms with Gasteiger partial charge in [-0.05, 0) is 36.6 Å². The molecular formula is C22H22N2O4. The van der Waals surface area contributed by atoms with Crippen LogP contribution in [-0.2, 0) is 16.0 Å². The van der Waals surface area contributed by atoms with Gasteiger partial charge < -0.3 is 15.0 Å².